The number of benzene rings is 1. The Hall–Kier alpha value is -2.84. The minimum atomic E-state index is -0.367. The Bertz CT molecular complexity index is 765. The number of amides is 1. The van der Waals surface area contributed by atoms with E-state index in [0.717, 1.165) is 30.8 Å². The van der Waals surface area contributed by atoms with E-state index in [-0.39, 0.29) is 17.6 Å². The lowest BCUT2D eigenvalue weighted by molar-refractivity contribution is -0.117. The molecule has 0 aliphatic carbocycles. The lowest BCUT2D eigenvalue weighted by Crippen LogP contribution is -2.32. The van der Waals surface area contributed by atoms with Crippen LogP contribution in [0, 0.1) is 11.3 Å². The molecule has 122 valence electrons. The van der Waals surface area contributed by atoms with Crippen molar-refractivity contribution in [3.8, 4) is 11.8 Å². The van der Waals surface area contributed by atoms with E-state index in [2.05, 4.69) is 5.32 Å². The van der Waals surface area contributed by atoms with E-state index in [1.807, 2.05) is 59.3 Å². The minimum Gasteiger partial charge on any atom is -0.376 e. The molecule has 1 N–H and O–H groups in total. The monoisotopic (exact) mass is 321 g/mol. The summed E-state index contributed by atoms with van der Waals surface area (Å²) in [6.07, 6.45) is 5.54. The average Bonchev–Trinajstić information content (AvgIpc) is 3.30. The Kier molecular flexibility index (Phi) is 5.09. The van der Waals surface area contributed by atoms with Crippen LogP contribution >= 0.6 is 0 Å². The number of hydrogen-bond donors (Lipinski definition) is 1. The maximum absolute atomic E-state index is 12.2. The Morgan fingerprint density at radius 1 is 1.33 bits per heavy atom. The quantitative estimate of drug-likeness (QED) is 0.680. The van der Waals surface area contributed by atoms with Crippen molar-refractivity contribution in [2.45, 2.75) is 18.9 Å². The van der Waals surface area contributed by atoms with Crippen LogP contribution in [0.1, 0.15) is 18.5 Å². The van der Waals surface area contributed by atoms with E-state index in [4.69, 9.17) is 4.74 Å². The maximum atomic E-state index is 12.2. The smallest absolute Gasteiger partial charge is 0.262 e. The zero-order valence-electron chi connectivity index (χ0n) is 13.3. The van der Waals surface area contributed by atoms with E-state index >= 15 is 0 Å². The standard InChI is InChI=1S/C19H19N3O2/c20-13-15(19(23)21-14-18-9-5-11-24-18)12-17-8-4-10-22(17)16-6-2-1-3-7-16/h1-4,6-8,10,12,18H,5,9,11,14H2,(H,21,23). The van der Waals surface area contributed by atoms with Crippen molar-refractivity contribution in [1.29, 1.82) is 5.26 Å². The molecule has 0 bridgehead atoms. The van der Waals surface area contributed by atoms with Crippen LogP contribution in [0.25, 0.3) is 11.8 Å². The van der Waals surface area contributed by atoms with Gasteiger partial charge in [0.25, 0.3) is 5.91 Å². The summed E-state index contributed by atoms with van der Waals surface area (Å²) in [6.45, 7) is 1.18. The van der Waals surface area contributed by atoms with E-state index in [1.54, 1.807) is 6.08 Å². The van der Waals surface area contributed by atoms with Gasteiger partial charge in [0.2, 0.25) is 0 Å². The lowest BCUT2D eigenvalue weighted by atomic mass is 10.2. The molecule has 0 radical (unpaired) electrons. The second-order valence-electron chi connectivity index (χ2n) is 5.65. The number of aromatic nitrogens is 1. The molecular formula is C19H19N3O2. The summed E-state index contributed by atoms with van der Waals surface area (Å²) in [4.78, 5) is 12.2. The second-order valence-corrected chi connectivity index (χ2v) is 5.65. The largest absolute Gasteiger partial charge is 0.376 e. The molecule has 1 aromatic carbocycles. The molecule has 1 aromatic heterocycles. The van der Waals surface area contributed by atoms with E-state index < -0.39 is 0 Å². The van der Waals surface area contributed by atoms with Crippen LogP contribution in [0.3, 0.4) is 0 Å². The molecule has 0 spiro atoms. The molecule has 5 heteroatoms. The fourth-order valence-electron chi connectivity index (χ4n) is 2.74. The highest BCUT2D eigenvalue weighted by atomic mass is 16.5. The third-order valence-corrected chi connectivity index (χ3v) is 3.99. The van der Waals surface area contributed by atoms with Crippen LogP contribution in [0.15, 0.2) is 54.2 Å². The number of para-hydroxylation sites is 1. The van der Waals surface area contributed by atoms with Crippen LogP contribution in [-0.4, -0.2) is 29.7 Å². The van der Waals surface area contributed by atoms with Gasteiger partial charge in [-0.25, -0.2) is 0 Å². The van der Waals surface area contributed by atoms with E-state index in [0.29, 0.717) is 6.54 Å². The first-order chi connectivity index (χ1) is 11.8. The fourth-order valence-corrected chi connectivity index (χ4v) is 2.74. The fraction of sp³-hybridized carbons (Fsp3) is 0.263. The number of nitrogens with one attached hydrogen (secondary N) is 1. The number of ether oxygens (including phenoxy) is 1. The number of rotatable bonds is 5. The summed E-state index contributed by atoms with van der Waals surface area (Å²) in [5.74, 6) is -0.367. The summed E-state index contributed by atoms with van der Waals surface area (Å²) in [7, 11) is 0. The molecule has 1 saturated heterocycles. The van der Waals surface area contributed by atoms with Gasteiger partial charge in [0.15, 0.2) is 0 Å². The van der Waals surface area contributed by atoms with E-state index in [1.165, 1.54) is 0 Å². The highest BCUT2D eigenvalue weighted by molar-refractivity contribution is 6.01. The Morgan fingerprint density at radius 2 is 2.17 bits per heavy atom. The molecular weight excluding hydrogens is 302 g/mol. The van der Waals surface area contributed by atoms with Crippen LogP contribution < -0.4 is 5.32 Å². The van der Waals surface area contributed by atoms with Crippen LogP contribution in [0.5, 0.6) is 0 Å². The van der Waals surface area contributed by atoms with Gasteiger partial charge in [-0.3, -0.25) is 4.79 Å². The summed E-state index contributed by atoms with van der Waals surface area (Å²) in [6, 6.07) is 15.5. The first-order valence-corrected chi connectivity index (χ1v) is 8.02. The molecule has 1 atom stereocenters. The molecule has 1 aliphatic rings. The van der Waals surface area contributed by atoms with Crippen molar-refractivity contribution < 1.29 is 9.53 Å². The van der Waals surface area contributed by atoms with Crippen molar-refractivity contribution in [2.75, 3.05) is 13.2 Å². The summed E-state index contributed by atoms with van der Waals surface area (Å²) in [5.41, 5.74) is 1.85. The van der Waals surface area contributed by atoms with Crippen molar-refractivity contribution >= 4 is 12.0 Å². The Balaban J connectivity index is 1.75. The van der Waals surface area contributed by atoms with Crippen LogP contribution in [-0.2, 0) is 9.53 Å². The third kappa shape index (κ3) is 3.73. The van der Waals surface area contributed by atoms with Crippen LogP contribution in [0.2, 0.25) is 0 Å². The number of carbonyl (C=O) groups excluding carboxylic acids is 1. The highest BCUT2D eigenvalue weighted by Crippen LogP contribution is 2.16. The molecule has 1 aliphatic heterocycles. The zero-order valence-corrected chi connectivity index (χ0v) is 13.3. The van der Waals surface area contributed by atoms with Gasteiger partial charge in [-0.15, -0.1) is 0 Å². The molecule has 1 fully saturated rings. The Morgan fingerprint density at radius 3 is 2.88 bits per heavy atom. The second kappa shape index (κ2) is 7.62. The minimum absolute atomic E-state index is 0.0575. The lowest BCUT2D eigenvalue weighted by Gasteiger charge is -2.10. The van der Waals surface area contributed by atoms with Gasteiger partial charge in [-0.05, 0) is 43.2 Å². The summed E-state index contributed by atoms with van der Waals surface area (Å²) in [5, 5.41) is 12.1. The van der Waals surface area contributed by atoms with Crippen LogP contribution in [0.4, 0.5) is 0 Å². The molecule has 5 nitrogen and oxygen atoms in total. The van der Waals surface area contributed by atoms with Gasteiger partial charge in [-0.1, -0.05) is 18.2 Å². The molecule has 0 saturated carbocycles. The maximum Gasteiger partial charge on any atom is 0.262 e. The van der Waals surface area contributed by atoms with Gasteiger partial charge >= 0.3 is 0 Å². The first kappa shape index (κ1) is 16.0. The Labute approximate surface area is 141 Å². The average molecular weight is 321 g/mol. The number of nitriles is 1. The van der Waals surface area contributed by atoms with Gasteiger partial charge in [0, 0.05) is 30.7 Å². The number of carbonyl (C=O) groups is 1. The molecule has 1 unspecified atom stereocenters. The number of hydrogen-bond acceptors (Lipinski definition) is 3. The molecule has 24 heavy (non-hydrogen) atoms. The first-order valence-electron chi connectivity index (χ1n) is 8.02. The van der Waals surface area contributed by atoms with Gasteiger partial charge in [0.1, 0.15) is 11.6 Å². The zero-order chi connectivity index (χ0) is 16.8. The molecule has 3 rings (SSSR count). The topological polar surface area (TPSA) is 67.0 Å². The summed E-state index contributed by atoms with van der Waals surface area (Å²) < 4.78 is 7.41. The molecule has 2 heterocycles. The van der Waals surface area contributed by atoms with Crippen molar-refractivity contribution in [3.05, 3.63) is 59.9 Å². The predicted octanol–water partition coefficient (Wildman–Crippen LogP) is 2.68. The SMILES string of the molecule is N#CC(=Cc1cccn1-c1ccccc1)C(=O)NCC1CCCO1. The van der Waals surface area contributed by atoms with Gasteiger partial charge in [-0.2, -0.15) is 5.26 Å². The number of nitrogens with zero attached hydrogens (tertiary/aromatic N) is 2. The predicted molar refractivity (Wildman–Crippen MR) is 91.3 cm³/mol. The van der Waals surface area contributed by atoms with Crippen molar-refractivity contribution in [1.82, 2.24) is 9.88 Å². The molecule has 1 amide bonds. The van der Waals surface area contributed by atoms with E-state index in [9.17, 15) is 10.1 Å². The van der Waals surface area contributed by atoms with Crippen molar-refractivity contribution in [2.24, 2.45) is 0 Å². The summed E-state index contributed by atoms with van der Waals surface area (Å²) >= 11 is 0. The van der Waals surface area contributed by atoms with Gasteiger partial charge in [0.05, 0.1) is 6.10 Å². The normalized spacial score (nSPS) is 17.5. The third-order valence-electron chi connectivity index (χ3n) is 3.99. The highest BCUT2D eigenvalue weighted by Gasteiger charge is 2.17. The van der Waals surface area contributed by atoms with Gasteiger partial charge < -0.3 is 14.6 Å². The van der Waals surface area contributed by atoms with Crippen molar-refractivity contribution in [3.63, 3.8) is 0 Å². The molecule has 2 aromatic rings.